The summed E-state index contributed by atoms with van der Waals surface area (Å²) in [5.74, 6) is 3.60. The number of aromatic nitrogens is 3. The summed E-state index contributed by atoms with van der Waals surface area (Å²) in [6.45, 7) is 2.95. The van der Waals surface area contributed by atoms with Crippen molar-refractivity contribution < 1.29 is 9.47 Å². The van der Waals surface area contributed by atoms with Crippen LogP contribution < -0.4 is 14.8 Å². The Morgan fingerprint density at radius 2 is 1.72 bits per heavy atom. The van der Waals surface area contributed by atoms with Gasteiger partial charge >= 0.3 is 0 Å². The summed E-state index contributed by atoms with van der Waals surface area (Å²) in [5.41, 5.74) is 3.03. The van der Waals surface area contributed by atoms with Crippen molar-refractivity contribution in [3.05, 3.63) is 48.3 Å². The minimum absolute atomic E-state index is 0.234. The highest BCUT2D eigenvalue weighted by Gasteiger charge is 2.25. The maximum Gasteiger partial charge on any atom is 0.168 e. The minimum atomic E-state index is 0.234. The average molecular weight is 336 g/mol. The lowest BCUT2D eigenvalue weighted by Gasteiger charge is -2.13. The van der Waals surface area contributed by atoms with E-state index in [1.807, 2.05) is 42.5 Å². The standard InChI is InChI=1S/C19H20N4O2/c1-12-11-20-16-9-8-15(25-3)10-17(16)23-18(12)21-22-19(23)13-4-6-14(24-2)7-5-13/h4-10,12,20H,11H2,1-3H3/t12-/m1/s1. The number of ether oxygens (including phenoxy) is 2. The predicted octanol–water partition coefficient (Wildman–Crippen LogP) is 3.48. The normalized spacial score (nSPS) is 15.6. The zero-order chi connectivity index (χ0) is 17.4. The Bertz CT molecular complexity index is 902. The number of anilines is 1. The van der Waals surface area contributed by atoms with Crippen molar-refractivity contribution in [3.63, 3.8) is 0 Å². The van der Waals surface area contributed by atoms with Gasteiger partial charge in [-0.05, 0) is 36.4 Å². The van der Waals surface area contributed by atoms with Gasteiger partial charge in [0.25, 0.3) is 0 Å². The Kier molecular flexibility index (Phi) is 3.80. The van der Waals surface area contributed by atoms with E-state index in [2.05, 4.69) is 27.0 Å². The highest BCUT2D eigenvalue weighted by Crippen LogP contribution is 2.35. The minimum Gasteiger partial charge on any atom is -0.497 e. The first-order valence-corrected chi connectivity index (χ1v) is 8.23. The van der Waals surface area contributed by atoms with Crippen LogP contribution >= 0.6 is 0 Å². The highest BCUT2D eigenvalue weighted by molar-refractivity contribution is 5.70. The smallest absolute Gasteiger partial charge is 0.168 e. The van der Waals surface area contributed by atoms with Crippen LogP contribution in [0.2, 0.25) is 0 Å². The van der Waals surface area contributed by atoms with E-state index in [9.17, 15) is 0 Å². The number of hydrogen-bond acceptors (Lipinski definition) is 5. The monoisotopic (exact) mass is 336 g/mol. The Morgan fingerprint density at radius 3 is 2.44 bits per heavy atom. The molecular formula is C19H20N4O2. The first-order valence-electron chi connectivity index (χ1n) is 8.23. The molecule has 0 radical (unpaired) electrons. The molecule has 4 rings (SSSR count). The quantitative estimate of drug-likeness (QED) is 0.793. The molecule has 2 aromatic carbocycles. The van der Waals surface area contributed by atoms with Gasteiger partial charge in [-0.15, -0.1) is 10.2 Å². The maximum atomic E-state index is 5.42. The van der Waals surface area contributed by atoms with Crippen LogP contribution in [-0.4, -0.2) is 35.5 Å². The van der Waals surface area contributed by atoms with E-state index in [-0.39, 0.29) is 5.92 Å². The summed E-state index contributed by atoms with van der Waals surface area (Å²) in [7, 11) is 3.33. The van der Waals surface area contributed by atoms with Crippen LogP contribution in [0.25, 0.3) is 17.1 Å². The second kappa shape index (κ2) is 6.12. The van der Waals surface area contributed by atoms with Gasteiger partial charge in [-0.1, -0.05) is 6.92 Å². The Hall–Kier alpha value is -3.02. The van der Waals surface area contributed by atoms with Crippen LogP contribution in [0.15, 0.2) is 42.5 Å². The van der Waals surface area contributed by atoms with Gasteiger partial charge < -0.3 is 14.8 Å². The molecule has 0 aliphatic carbocycles. The molecule has 2 heterocycles. The molecular weight excluding hydrogens is 316 g/mol. The second-order valence-electron chi connectivity index (χ2n) is 6.11. The first-order chi connectivity index (χ1) is 12.2. The van der Waals surface area contributed by atoms with Crippen LogP contribution in [0.5, 0.6) is 11.5 Å². The third kappa shape index (κ3) is 2.59. The summed E-state index contributed by atoms with van der Waals surface area (Å²) < 4.78 is 12.8. The Labute approximate surface area is 146 Å². The van der Waals surface area contributed by atoms with Gasteiger partial charge in [0.2, 0.25) is 0 Å². The molecule has 1 aliphatic heterocycles. The number of benzene rings is 2. The molecule has 1 atom stereocenters. The largest absolute Gasteiger partial charge is 0.497 e. The number of hydrogen-bond donors (Lipinski definition) is 1. The van der Waals surface area contributed by atoms with E-state index in [0.717, 1.165) is 46.6 Å². The summed E-state index contributed by atoms with van der Waals surface area (Å²) in [5, 5.41) is 12.4. The fourth-order valence-corrected chi connectivity index (χ4v) is 3.11. The van der Waals surface area contributed by atoms with Crippen LogP contribution in [0.4, 0.5) is 5.69 Å². The summed E-state index contributed by atoms with van der Waals surface area (Å²) >= 11 is 0. The van der Waals surface area contributed by atoms with Crippen LogP contribution in [0, 0.1) is 0 Å². The molecule has 0 unspecified atom stereocenters. The van der Waals surface area contributed by atoms with Gasteiger partial charge in [0.05, 0.1) is 25.6 Å². The second-order valence-corrected chi connectivity index (χ2v) is 6.11. The molecule has 0 fully saturated rings. The molecule has 6 heteroatoms. The molecule has 0 bridgehead atoms. The molecule has 1 N–H and O–H groups in total. The fourth-order valence-electron chi connectivity index (χ4n) is 3.11. The van der Waals surface area contributed by atoms with Crippen molar-refractivity contribution in [2.75, 3.05) is 26.1 Å². The maximum absolute atomic E-state index is 5.42. The molecule has 0 saturated heterocycles. The lowest BCUT2D eigenvalue weighted by Crippen LogP contribution is -2.09. The first kappa shape index (κ1) is 15.5. The molecule has 0 spiro atoms. The molecule has 1 aliphatic rings. The van der Waals surface area contributed by atoms with Crippen molar-refractivity contribution in [3.8, 4) is 28.6 Å². The topological polar surface area (TPSA) is 61.2 Å². The predicted molar refractivity (Wildman–Crippen MR) is 96.8 cm³/mol. The van der Waals surface area contributed by atoms with E-state index >= 15 is 0 Å². The van der Waals surface area contributed by atoms with Gasteiger partial charge in [-0.25, -0.2) is 0 Å². The lowest BCUT2D eigenvalue weighted by molar-refractivity contribution is 0.414. The third-order valence-corrected chi connectivity index (χ3v) is 4.52. The molecule has 0 saturated carbocycles. The van der Waals surface area contributed by atoms with Crippen molar-refractivity contribution in [2.24, 2.45) is 0 Å². The molecule has 0 amide bonds. The van der Waals surface area contributed by atoms with Crippen molar-refractivity contribution >= 4 is 5.69 Å². The van der Waals surface area contributed by atoms with E-state index in [1.165, 1.54) is 0 Å². The summed E-state index contributed by atoms with van der Waals surface area (Å²) in [6.07, 6.45) is 0. The SMILES string of the molecule is COc1ccc(-c2nnc3n2-c2cc(OC)ccc2NC[C@H]3C)cc1. The van der Waals surface area contributed by atoms with E-state index in [1.54, 1.807) is 14.2 Å². The van der Waals surface area contributed by atoms with Crippen molar-refractivity contribution in [1.29, 1.82) is 0 Å². The molecule has 25 heavy (non-hydrogen) atoms. The van der Waals surface area contributed by atoms with E-state index in [4.69, 9.17) is 9.47 Å². The van der Waals surface area contributed by atoms with Crippen LogP contribution in [0.1, 0.15) is 18.7 Å². The average Bonchev–Trinajstić information content (AvgIpc) is 3.05. The van der Waals surface area contributed by atoms with E-state index < -0.39 is 0 Å². The number of methoxy groups -OCH3 is 2. The van der Waals surface area contributed by atoms with E-state index in [0.29, 0.717) is 0 Å². The zero-order valence-corrected chi connectivity index (χ0v) is 14.5. The van der Waals surface area contributed by atoms with Gasteiger partial charge in [0.1, 0.15) is 17.3 Å². The third-order valence-electron chi connectivity index (χ3n) is 4.52. The zero-order valence-electron chi connectivity index (χ0n) is 14.5. The van der Waals surface area contributed by atoms with Gasteiger partial charge in [0.15, 0.2) is 5.82 Å². The molecule has 128 valence electrons. The number of nitrogens with one attached hydrogen (secondary N) is 1. The summed E-state index contributed by atoms with van der Waals surface area (Å²) in [6, 6.07) is 13.9. The lowest BCUT2D eigenvalue weighted by atomic mass is 10.1. The number of nitrogens with zero attached hydrogens (tertiary/aromatic N) is 3. The van der Waals surface area contributed by atoms with Gasteiger partial charge in [0, 0.05) is 24.1 Å². The fraction of sp³-hybridized carbons (Fsp3) is 0.263. The van der Waals surface area contributed by atoms with Crippen molar-refractivity contribution in [1.82, 2.24) is 14.8 Å². The number of rotatable bonds is 3. The van der Waals surface area contributed by atoms with Crippen molar-refractivity contribution in [2.45, 2.75) is 12.8 Å². The van der Waals surface area contributed by atoms with Gasteiger partial charge in [-0.3, -0.25) is 4.57 Å². The van der Waals surface area contributed by atoms with Gasteiger partial charge in [-0.2, -0.15) is 0 Å². The summed E-state index contributed by atoms with van der Waals surface area (Å²) in [4.78, 5) is 0. The highest BCUT2D eigenvalue weighted by atomic mass is 16.5. The Morgan fingerprint density at radius 1 is 1.00 bits per heavy atom. The number of fused-ring (bicyclic) bond motifs is 3. The Balaban J connectivity index is 1.92. The van der Waals surface area contributed by atoms with Crippen LogP contribution in [-0.2, 0) is 0 Å². The molecule has 1 aromatic heterocycles. The molecule has 6 nitrogen and oxygen atoms in total. The molecule has 3 aromatic rings. The van der Waals surface area contributed by atoms with Crippen LogP contribution in [0.3, 0.4) is 0 Å².